The first kappa shape index (κ1) is 19.7. The number of anilines is 1. The van der Waals surface area contributed by atoms with Crippen LogP contribution in [0.25, 0.3) is 10.2 Å². The van der Waals surface area contributed by atoms with Crippen LogP contribution in [0.1, 0.15) is 10.4 Å². The minimum atomic E-state index is -0.505. The Hall–Kier alpha value is -3.04. The number of methoxy groups -OCH3 is 1. The summed E-state index contributed by atoms with van der Waals surface area (Å²) in [5, 5.41) is 11.6. The van der Waals surface area contributed by atoms with Gasteiger partial charge < -0.3 is 9.64 Å². The zero-order chi connectivity index (χ0) is 20.3. The Labute approximate surface area is 166 Å². The maximum Gasteiger partial charge on any atom is 0.270 e. The topological polar surface area (TPSA) is 90.0 Å². The molecule has 0 bridgehead atoms. The number of quaternary nitrogens is 1. The summed E-state index contributed by atoms with van der Waals surface area (Å²) >= 11 is 1.39. The molecule has 3 rings (SSSR count). The number of carbonyl (C=O) groups is 1. The molecule has 0 saturated heterocycles. The summed E-state index contributed by atoms with van der Waals surface area (Å²) in [7, 11) is 5.60. The summed E-state index contributed by atoms with van der Waals surface area (Å²) in [5.41, 5.74) is 0.924. The number of benzene rings is 2. The number of nitro benzene ring substituents is 1. The van der Waals surface area contributed by atoms with Crippen LogP contribution in [0, 0.1) is 10.1 Å². The number of fused-ring (bicyclic) bond motifs is 1. The van der Waals surface area contributed by atoms with Gasteiger partial charge in [-0.25, -0.2) is 4.98 Å². The average Bonchev–Trinajstić information content (AvgIpc) is 3.10. The Morgan fingerprint density at radius 1 is 1.29 bits per heavy atom. The first-order valence-corrected chi connectivity index (χ1v) is 9.50. The molecule has 9 heteroatoms. The predicted octanol–water partition coefficient (Wildman–Crippen LogP) is 2.00. The van der Waals surface area contributed by atoms with Crippen molar-refractivity contribution in [2.75, 3.05) is 39.2 Å². The van der Waals surface area contributed by atoms with Gasteiger partial charge in [0, 0.05) is 17.7 Å². The lowest BCUT2D eigenvalue weighted by Crippen LogP contribution is -3.06. The first-order valence-electron chi connectivity index (χ1n) is 8.69. The van der Waals surface area contributed by atoms with E-state index in [1.165, 1.54) is 34.4 Å². The molecule has 0 radical (unpaired) electrons. The zero-order valence-electron chi connectivity index (χ0n) is 15.8. The molecule has 0 fully saturated rings. The van der Waals surface area contributed by atoms with Crippen LogP contribution in [0.4, 0.5) is 10.8 Å². The summed E-state index contributed by atoms with van der Waals surface area (Å²) < 4.78 is 6.16. The number of likely N-dealkylation sites (N-methyl/N-ethyl adjacent to an activating group) is 1. The van der Waals surface area contributed by atoms with Crippen molar-refractivity contribution >= 4 is 38.3 Å². The van der Waals surface area contributed by atoms with Crippen LogP contribution in [0.5, 0.6) is 5.75 Å². The van der Waals surface area contributed by atoms with Crippen molar-refractivity contribution in [1.29, 1.82) is 0 Å². The molecule has 8 nitrogen and oxygen atoms in total. The number of amides is 1. The van der Waals surface area contributed by atoms with Gasteiger partial charge in [-0.05, 0) is 24.3 Å². The van der Waals surface area contributed by atoms with E-state index < -0.39 is 4.92 Å². The van der Waals surface area contributed by atoms with E-state index in [4.69, 9.17) is 4.74 Å². The Morgan fingerprint density at radius 2 is 2.07 bits per heavy atom. The molecule has 0 unspecified atom stereocenters. The summed E-state index contributed by atoms with van der Waals surface area (Å²) in [6, 6.07) is 11.3. The molecule has 0 saturated carbocycles. The number of carbonyl (C=O) groups excluding carboxylic acids is 1. The van der Waals surface area contributed by atoms with Crippen molar-refractivity contribution in [3.63, 3.8) is 0 Å². The quantitative estimate of drug-likeness (QED) is 0.483. The maximum atomic E-state index is 13.2. The average molecular weight is 401 g/mol. The highest BCUT2D eigenvalue weighted by atomic mass is 32.1. The largest absolute Gasteiger partial charge is 0.497 e. The molecule has 0 aliphatic heterocycles. The summed E-state index contributed by atoms with van der Waals surface area (Å²) in [5.74, 6) is 0.410. The predicted molar refractivity (Wildman–Crippen MR) is 109 cm³/mol. The van der Waals surface area contributed by atoms with Crippen LogP contribution >= 0.6 is 11.3 Å². The van der Waals surface area contributed by atoms with Crippen LogP contribution in [-0.4, -0.2) is 50.1 Å². The number of rotatable bonds is 7. The number of nitro groups is 1. The summed E-state index contributed by atoms with van der Waals surface area (Å²) in [6.07, 6.45) is 0. The molecular formula is C19H21N4O4S+. The fourth-order valence-corrected chi connectivity index (χ4v) is 3.68. The smallest absolute Gasteiger partial charge is 0.270 e. The van der Waals surface area contributed by atoms with Crippen molar-refractivity contribution in [1.82, 2.24) is 4.98 Å². The number of nitrogens with one attached hydrogen (secondary N) is 1. The second kappa shape index (κ2) is 8.32. The Balaban J connectivity index is 2.00. The number of hydrogen-bond acceptors (Lipinski definition) is 6. The number of thiazole rings is 1. The van der Waals surface area contributed by atoms with E-state index in [1.807, 2.05) is 32.3 Å². The van der Waals surface area contributed by atoms with E-state index in [9.17, 15) is 14.9 Å². The van der Waals surface area contributed by atoms with Crippen molar-refractivity contribution in [3.8, 4) is 5.75 Å². The second-order valence-corrected chi connectivity index (χ2v) is 7.56. The molecule has 0 aliphatic carbocycles. The van der Waals surface area contributed by atoms with Gasteiger partial charge in [0.25, 0.3) is 11.6 Å². The third-order valence-corrected chi connectivity index (χ3v) is 5.24. The molecule has 0 atom stereocenters. The van der Waals surface area contributed by atoms with Gasteiger partial charge in [-0.1, -0.05) is 17.4 Å². The molecule has 28 heavy (non-hydrogen) atoms. The Morgan fingerprint density at radius 3 is 2.75 bits per heavy atom. The van der Waals surface area contributed by atoms with Crippen LogP contribution < -0.4 is 14.5 Å². The van der Waals surface area contributed by atoms with E-state index in [2.05, 4.69) is 4.98 Å². The van der Waals surface area contributed by atoms with Gasteiger partial charge in [0.2, 0.25) is 0 Å². The minimum Gasteiger partial charge on any atom is -0.497 e. The van der Waals surface area contributed by atoms with Crippen molar-refractivity contribution < 1.29 is 19.4 Å². The SMILES string of the molecule is COc1ccc2nc(N(CC[NH+](C)C)C(=O)c3cccc([N+](=O)[O-])c3)sc2c1. The van der Waals surface area contributed by atoms with Gasteiger partial charge in [-0.15, -0.1) is 0 Å². The molecule has 3 aromatic rings. The van der Waals surface area contributed by atoms with Crippen LogP contribution in [0.15, 0.2) is 42.5 Å². The molecule has 146 valence electrons. The maximum absolute atomic E-state index is 13.2. The van der Waals surface area contributed by atoms with E-state index in [0.29, 0.717) is 18.2 Å². The number of hydrogen-bond donors (Lipinski definition) is 1. The zero-order valence-corrected chi connectivity index (χ0v) is 16.7. The van der Waals surface area contributed by atoms with Gasteiger partial charge >= 0.3 is 0 Å². The van der Waals surface area contributed by atoms with Crippen LogP contribution in [0.2, 0.25) is 0 Å². The monoisotopic (exact) mass is 401 g/mol. The highest BCUT2D eigenvalue weighted by Crippen LogP contribution is 2.32. The van der Waals surface area contributed by atoms with Crippen LogP contribution in [-0.2, 0) is 0 Å². The van der Waals surface area contributed by atoms with Gasteiger partial charge in [0.05, 0.1) is 49.4 Å². The van der Waals surface area contributed by atoms with E-state index in [0.717, 1.165) is 16.0 Å². The number of nitrogens with zero attached hydrogens (tertiary/aromatic N) is 3. The molecule has 1 amide bonds. The second-order valence-electron chi connectivity index (χ2n) is 6.55. The molecule has 1 N–H and O–H groups in total. The highest BCUT2D eigenvalue weighted by Gasteiger charge is 2.23. The Kier molecular flexibility index (Phi) is 5.86. The highest BCUT2D eigenvalue weighted by molar-refractivity contribution is 7.22. The van der Waals surface area contributed by atoms with E-state index in [1.54, 1.807) is 18.1 Å². The van der Waals surface area contributed by atoms with Gasteiger partial charge in [-0.3, -0.25) is 19.8 Å². The summed E-state index contributed by atoms with van der Waals surface area (Å²) in [4.78, 5) is 31.1. The lowest BCUT2D eigenvalue weighted by Gasteiger charge is -2.20. The molecular weight excluding hydrogens is 380 g/mol. The van der Waals surface area contributed by atoms with Crippen LogP contribution in [0.3, 0.4) is 0 Å². The van der Waals surface area contributed by atoms with Crippen molar-refractivity contribution in [2.24, 2.45) is 0 Å². The van der Waals surface area contributed by atoms with Gasteiger partial charge in [-0.2, -0.15) is 0 Å². The van der Waals surface area contributed by atoms with Crippen molar-refractivity contribution in [2.45, 2.75) is 0 Å². The molecule has 2 aromatic carbocycles. The van der Waals surface area contributed by atoms with E-state index >= 15 is 0 Å². The standard InChI is InChI=1S/C19H20N4O4S/c1-21(2)9-10-22(18(24)13-5-4-6-14(11-13)23(25)26)19-20-16-8-7-15(27-3)12-17(16)28-19/h4-8,11-12H,9-10H2,1-3H3/p+1. The number of non-ortho nitro benzene ring substituents is 1. The fourth-order valence-electron chi connectivity index (χ4n) is 2.66. The van der Waals surface area contributed by atoms with Gasteiger partial charge in [0.1, 0.15) is 5.75 Å². The number of aromatic nitrogens is 1. The third-order valence-electron chi connectivity index (χ3n) is 4.20. The normalized spacial score (nSPS) is 11.0. The molecule has 1 aromatic heterocycles. The lowest BCUT2D eigenvalue weighted by atomic mass is 10.2. The third kappa shape index (κ3) is 4.26. The fraction of sp³-hybridized carbons (Fsp3) is 0.263. The Bertz CT molecular complexity index is 1020. The first-order chi connectivity index (χ1) is 13.4. The van der Waals surface area contributed by atoms with E-state index in [-0.39, 0.29) is 17.2 Å². The molecule has 0 spiro atoms. The summed E-state index contributed by atoms with van der Waals surface area (Å²) in [6.45, 7) is 1.15. The molecule has 0 aliphatic rings. The number of ether oxygens (including phenoxy) is 1. The van der Waals surface area contributed by atoms with Gasteiger partial charge in [0.15, 0.2) is 5.13 Å². The lowest BCUT2D eigenvalue weighted by molar-refractivity contribution is -0.856. The molecule has 1 heterocycles. The minimum absolute atomic E-state index is 0.113. The van der Waals surface area contributed by atoms with Crippen molar-refractivity contribution in [3.05, 3.63) is 58.1 Å².